The molecule has 6 aromatic carbocycles. The Morgan fingerprint density at radius 1 is 0.386 bits per heavy atom. The van der Waals surface area contributed by atoms with E-state index >= 15 is 0 Å². The first-order chi connectivity index (χ1) is 27.6. The highest BCUT2D eigenvalue weighted by atomic mass is 32.1. The van der Waals surface area contributed by atoms with E-state index in [1.807, 2.05) is 22.7 Å². The van der Waals surface area contributed by atoms with Crippen molar-refractivity contribution in [3.63, 3.8) is 0 Å². The molecule has 0 aliphatic heterocycles. The molecule has 8 aromatic rings. The minimum atomic E-state index is -0.525. The fourth-order valence-corrected chi connectivity index (χ4v) is 13.9. The Kier molecular flexibility index (Phi) is 7.33. The Balaban J connectivity index is 1.36. The van der Waals surface area contributed by atoms with Crippen molar-refractivity contribution in [2.24, 2.45) is 0 Å². The molecular formula is C54H45NS2. The van der Waals surface area contributed by atoms with Gasteiger partial charge in [0.25, 0.3) is 0 Å². The highest BCUT2D eigenvalue weighted by Gasteiger charge is 2.62. The number of aryl methyl sites for hydroxylation is 2. The monoisotopic (exact) mass is 771 g/mol. The number of thiophene rings is 2. The van der Waals surface area contributed by atoms with Gasteiger partial charge < -0.3 is 4.90 Å². The Hall–Kier alpha value is -5.48. The quantitative estimate of drug-likeness (QED) is 0.173. The van der Waals surface area contributed by atoms with Crippen molar-refractivity contribution < 1.29 is 0 Å². The number of nitrogens with zero attached hydrogens (tertiary/aromatic N) is 1. The zero-order chi connectivity index (χ0) is 38.9. The van der Waals surface area contributed by atoms with Gasteiger partial charge in [-0.1, -0.05) is 149 Å². The molecule has 0 bridgehead atoms. The molecule has 0 N–H and O–H groups in total. The average molecular weight is 772 g/mol. The molecule has 0 saturated carbocycles. The van der Waals surface area contributed by atoms with Crippen LogP contribution in [0.4, 0.5) is 16.4 Å². The maximum absolute atomic E-state index is 2.60. The summed E-state index contributed by atoms with van der Waals surface area (Å²) in [6.45, 7) is 14.1. The number of fused-ring (bicyclic) bond motifs is 14. The van der Waals surface area contributed by atoms with Gasteiger partial charge in [0.2, 0.25) is 0 Å². The summed E-state index contributed by atoms with van der Waals surface area (Å²) in [6, 6.07) is 60.6. The SMILES string of the molecule is Cc1cccc(N(c2cccc(C)c2)c2cc3c(s2)C2(c4ccccc4C(C)(C)c4ccccc42)c2ccsc2C32c3ccccc3C(C)(C)c3ccccc32)c1. The van der Waals surface area contributed by atoms with Crippen LogP contribution in [0.15, 0.2) is 163 Å². The zero-order valence-electron chi connectivity index (χ0n) is 33.4. The van der Waals surface area contributed by atoms with Crippen molar-refractivity contribution in [3.8, 4) is 0 Å². The molecule has 57 heavy (non-hydrogen) atoms. The van der Waals surface area contributed by atoms with Gasteiger partial charge in [0, 0.05) is 32.0 Å². The maximum Gasteiger partial charge on any atom is 0.101 e. The number of hydrogen-bond donors (Lipinski definition) is 0. The maximum atomic E-state index is 2.60. The lowest BCUT2D eigenvalue weighted by atomic mass is 9.48. The van der Waals surface area contributed by atoms with Gasteiger partial charge in [-0.15, -0.1) is 22.7 Å². The highest BCUT2D eigenvalue weighted by molar-refractivity contribution is 7.17. The molecule has 0 atom stereocenters. The first-order valence-corrected chi connectivity index (χ1v) is 21.9. The fraction of sp³-hybridized carbons (Fsp3) is 0.185. The standard InChI is InChI=1S/C54H45NS2/c1-34-17-15-19-36(31-34)55(37-20-16-18-35(2)32-37)48-33-47-50(57-48)53(42-25-11-7-21-38(42)51(3,4)39-22-8-12-26-43(39)53)46-29-30-56-49(46)54(47)44-27-13-9-23-40(44)52(5,6)41-24-10-14-28-45(41)54/h7-33H,1-6H3. The Labute approximate surface area is 345 Å². The zero-order valence-corrected chi connectivity index (χ0v) is 35.0. The van der Waals surface area contributed by atoms with E-state index in [1.54, 1.807) is 0 Å². The minimum absolute atomic E-state index is 0.173. The van der Waals surface area contributed by atoms with Crippen LogP contribution in [0.2, 0.25) is 0 Å². The van der Waals surface area contributed by atoms with Crippen LogP contribution in [0.3, 0.4) is 0 Å². The smallest absolute Gasteiger partial charge is 0.101 e. The van der Waals surface area contributed by atoms with E-state index in [2.05, 4.69) is 210 Å². The Morgan fingerprint density at radius 3 is 1.21 bits per heavy atom. The summed E-state index contributed by atoms with van der Waals surface area (Å²) in [6.07, 6.45) is 0. The largest absolute Gasteiger partial charge is 0.302 e. The van der Waals surface area contributed by atoms with Crippen LogP contribution in [0.1, 0.15) is 104 Å². The van der Waals surface area contributed by atoms with Crippen molar-refractivity contribution in [1.82, 2.24) is 0 Å². The summed E-state index contributed by atoms with van der Waals surface area (Å²) in [5.74, 6) is 0. The minimum Gasteiger partial charge on any atom is -0.302 e. The fourth-order valence-electron chi connectivity index (χ4n) is 11.2. The molecule has 3 aliphatic carbocycles. The molecule has 278 valence electrons. The first kappa shape index (κ1) is 34.7. The molecule has 11 rings (SSSR count). The molecule has 3 heteroatoms. The predicted molar refractivity (Wildman–Crippen MR) is 241 cm³/mol. The average Bonchev–Trinajstić information content (AvgIpc) is 3.90. The molecule has 0 unspecified atom stereocenters. The summed E-state index contributed by atoms with van der Waals surface area (Å²) < 4.78 is 0. The summed E-state index contributed by atoms with van der Waals surface area (Å²) >= 11 is 3.94. The predicted octanol–water partition coefficient (Wildman–Crippen LogP) is 14.3. The third-order valence-electron chi connectivity index (χ3n) is 13.6. The van der Waals surface area contributed by atoms with E-state index < -0.39 is 10.8 Å². The number of benzene rings is 6. The van der Waals surface area contributed by atoms with E-state index in [1.165, 1.54) is 92.9 Å². The van der Waals surface area contributed by atoms with Gasteiger partial charge >= 0.3 is 0 Å². The van der Waals surface area contributed by atoms with Crippen LogP contribution in [0.25, 0.3) is 0 Å². The molecule has 3 aliphatic rings. The third-order valence-corrected chi connectivity index (χ3v) is 15.9. The van der Waals surface area contributed by atoms with Crippen molar-refractivity contribution >= 4 is 39.0 Å². The van der Waals surface area contributed by atoms with Crippen LogP contribution in [-0.4, -0.2) is 0 Å². The number of anilines is 3. The van der Waals surface area contributed by atoms with Gasteiger partial charge in [-0.05, 0) is 122 Å². The molecular weight excluding hydrogens is 727 g/mol. The second-order valence-corrected chi connectivity index (χ2v) is 19.4. The molecule has 0 fully saturated rings. The van der Waals surface area contributed by atoms with Crippen molar-refractivity contribution in [3.05, 3.63) is 240 Å². The van der Waals surface area contributed by atoms with E-state index in [-0.39, 0.29) is 10.8 Å². The van der Waals surface area contributed by atoms with Gasteiger partial charge in [0.1, 0.15) is 5.00 Å². The molecule has 0 amide bonds. The van der Waals surface area contributed by atoms with Gasteiger partial charge in [-0.3, -0.25) is 0 Å². The molecule has 1 nitrogen and oxygen atoms in total. The van der Waals surface area contributed by atoms with Gasteiger partial charge in [0.05, 0.1) is 10.8 Å². The second kappa shape index (κ2) is 12.0. The van der Waals surface area contributed by atoms with Crippen LogP contribution in [-0.2, 0) is 21.7 Å². The lowest BCUT2D eigenvalue weighted by molar-refractivity contribution is 0.522. The summed E-state index contributed by atoms with van der Waals surface area (Å²) in [5, 5.41) is 3.61. The van der Waals surface area contributed by atoms with E-state index in [9.17, 15) is 0 Å². The molecule has 0 radical (unpaired) electrons. The lowest BCUT2D eigenvalue weighted by Gasteiger charge is -2.55. The first-order valence-electron chi connectivity index (χ1n) is 20.2. The van der Waals surface area contributed by atoms with Crippen molar-refractivity contribution in [2.75, 3.05) is 4.90 Å². The summed E-state index contributed by atoms with van der Waals surface area (Å²) in [5.41, 5.74) is 17.4. The number of hydrogen-bond acceptors (Lipinski definition) is 3. The molecule has 0 saturated heterocycles. The van der Waals surface area contributed by atoms with Crippen LogP contribution in [0.5, 0.6) is 0 Å². The third kappa shape index (κ3) is 4.39. The van der Waals surface area contributed by atoms with Gasteiger partial charge in [0.15, 0.2) is 0 Å². The topological polar surface area (TPSA) is 3.24 Å². The summed E-state index contributed by atoms with van der Waals surface area (Å²) in [7, 11) is 0. The van der Waals surface area contributed by atoms with Crippen LogP contribution < -0.4 is 4.90 Å². The van der Waals surface area contributed by atoms with E-state index in [0.717, 1.165) is 0 Å². The second-order valence-electron chi connectivity index (χ2n) is 17.4. The summed E-state index contributed by atoms with van der Waals surface area (Å²) in [4.78, 5) is 5.36. The molecule has 2 aromatic heterocycles. The molecule has 2 heterocycles. The van der Waals surface area contributed by atoms with Gasteiger partial charge in [-0.25, -0.2) is 0 Å². The highest BCUT2D eigenvalue weighted by Crippen LogP contribution is 2.69. The Morgan fingerprint density at radius 2 is 0.789 bits per heavy atom. The van der Waals surface area contributed by atoms with E-state index in [4.69, 9.17) is 0 Å². The van der Waals surface area contributed by atoms with Crippen LogP contribution >= 0.6 is 22.7 Å². The van der Waals surface area contributed by atoms with Crippen molar-refractivity contribution in [1.29, 1.82) is 0 Å². The van der Waals surface area contributed by atoms with Crippen molar-refractivity contribution in [2.45, 2.75) is 63.2 Å². The van der Waals surface area contributed by atoms with Gasteiger partial charge in [-0.2, -0.15) is 0 Å². The van der Waals surface area contributed by atoms with E-state index in [0.29, 0.717) is 0 Å². The molecule has 2 spiro atoms. The Bertz CT molecular complexity index is 2620. The number of rotatable bonds is 3. The normalized spacial score (nSPS) is 16.8. The lowest BCUT2D eigenvalue weighted by Crippen LogP contribution is -2.50. The van der Waals surface area contributed by atoms with Crippen LogP contribution in [0, 0.1) is 13.8 Å².